The summed E-state index contributed by atoms with van der Waals surface area (Å²) in [5.41, 5.74) is 0.427. The Labute approximate surface area is 92.2 Å². The Kier molecular flexibility index (Phi) is 2.66. The number of ether oxygens (including phenoxy) is 1. The summed E-state index contributed by atoms with van der Waals surface area (Å²) in [6.07, 6.45) is -0.424. The molecule has 4 heteroatoms. The van der Waals surface area contributed by atoms with Gasteiger partial charge in [0.05, 0.1) is 0 Å². The van der Waals surface area contributed by atoms with Gasteiger partial charge in [-0.2, -0.15) is 0 Å². The average molecular weight is 226 g/mol. The summed E-state index contributed by atoms with van der Waals surface area (Å²) in [4.78, 5) is 11.7. The van der Waals surface area contributed by atoms with Crippen molar-refractivity contribution in [1.29, 1.82) is 0 Å². The van der Waals surface area contributed by atoms with Gasteiger partial charge in [-0.1, -0.05) is 13.8 Å². The minimum absolute atomic E-state index is 0.0143. The number of hydrogen-bond acceptors (Lipinski definition) is 2. The highest BCUT2D eigenvalue weighted by molar-refractivity contribution is 5.86. The fourth-order valence-electron chi connectivity index (χ4n) is 1.81. The fraction of sp³-hybridized carbons (Fsp3) is 0.417. The van der Waals surface area contributed by atoms with E-state index < -0.39 is 17.7 Å². The lowest BCUT2D eigenvalue weighted by atomic mass is 10.00. The fourth-order valence-corrected chi connectivity index (χ4v) is 1.81. The molecule has 0 amide bonds. The highest BCUT2D eigenvalue weighted by atomic mass is 19.1. The number of halogens is 2. The maximum Gasteiger partial charge on any atom is 0.176 e. The van der Waals surface area contributed by atoms with E-state index in [1.807, 2.05) is 0 Å². The summed E-state index contributed by atoms with van der Waals surface area (Å²) in [6.45, 7) is 3.51. The molecule has 0 aromatic heterocycles. The highest BCUT2D eigenvalue weighted by Crippen LogP contribution is 2.33. The van der Waals surface area contributed by atoms with Crippen molar-refractivity contribution in [2.45, 2.75) is 26.4 Å². The lowest BCUT2D eigenvalue weighted by molar-refractivity contribution is -0.128. The lowest BCUT2D eigenvalue weighted by Crippen LogP contribution is -2.29. The number of carbonyl (C=O) groups is 1. The normalized spacial score (nSPS) is 18.4. The summed E-state index contributed by atoms with van der Waals surface area (Å²) >= 11 is 0. The third-order valence-electron chi connectivity index (χ3n) is 2.64. The van der Waals surface area contributed by atoms with E-state index >= 15 is 0 Å². The van der Waals surface area contributed by atoms with E-state index in [2.05, 4.69) is 0 Å². The van der Waals surface area contributed by atoms with Crippen LogP contribution >= 0.6 is 0 Å². The van der Waals surface area contributed by atoms with Crippen LogP contribution in [0.2, 0.25) is 0 Å². The molecular formula is C12H12F2O2. The quantitative estimate of drug-likeness (QED) is 0.774. The molecular weight excluding hydrogens is 214 g/mol. The zero-order valence-electron chi connectivity index (χ0n) is 9.09. The van der Waals surface area contributed by atoms with Gasteiger partial charge in [0.15, 0.2) is 23.5 Å². The maximum atomic E-state index is 13.3. The molecule has 2 nitrogen and oxygen atoms in total. The Balaban J connectivity index is 2.28. The van der Waals surface area contributed by atoms with Gasteiger partial charge in [-0.3, -0.25) is 4.79 Å². The SMILES string of the molecule is CC(C)C(=O)C1Cc2cc(F)cc(F)c2O1. The number of hydrogen-bond donors (Lipinski definition) is 0. The van der Waals surface area contributed by atoms with Crippen LogP contribution in [0.15, 0.2) is 12.1 Å². The van der Waals surface area contributed by atoms with Crippen LogP contribution in [-0.4, -0.2) is 11.9 Å². The van der Waals surface area contributed by atoms with E-state index in [9.17, 15) is 13.6 Å². The van der Waals surface area contributed by atoms with Crippen molar-refractivity contribution in [2.24, 2.45) is 5.92 Å². The zero-order valence-corrected chi connectivity index (χ0v) is 9.09. The van der Waals surface area contributed by atoms with Gasteiger partial charge in [0, 0.05) is 24.0 Å². The van der Waals surface area contributed by atoms with Gasteiger partial charge in [0.25, 0.3) is 0 Å². The predicted molar refractivity (Wildman–Crippen MR) is 54.3 cm³/mol. The van der Waals surface area contributed by atoms with Crippen LogP contribution in [0.4, 0.5) is 8.78 Å². The van der Waals surface area contributed by atoms with Crippen LogP contribution in [0.1, 0.15) is 19.4 Å². The Morgan fingerprint density at radius 2 is 2.12 bits per heavy atom. The number of ketones is 1. The van der Waals surface area contributed by atoms with E-state index in [0.717, 1.165) is 6.07 Å². The molecule has 0 radical (unpaired) electrons. The Morgan fingerprint density at radius 3 is 2.75 bits per heavy atom. The van der Waals surface area contributed by atoms with E-state index in [1.54, 1.807) is 13.8 Å². The molecule has 1 aliphatic heterocycles. The molecule has 1 aromatic carbocycles. The maximum absolute atomic E-state index is 13.3. The molecule has 0 N–H and O–H groups in total. The van der Waals surface area contributed by atoms with Crippen molar-refractivity contribution in [3.8, 4) is 5.75 Å². The highest BCUT2D eigenvalue weighted by Gasteiger charge is 2.32. The summed E-state index contributed by atoms with van der Waals surface area (Å²) < 4.78 is 31.5. The first-order valence-electron chi connectivity index (χ1n) is 5.17. The van der Waals surface area contributed by atoms with Crippen LogP contribution in [0.25, 0.3) is 0 Å². The topological polar surface area (TPSA) is 26.3 Å². The first kappa shape index (κ1) is 11.0. The third kappa shape index (κ3) is 1.79. The van der Waals surface area contributed by atoms with Gasteiger partial charge in [-0.15, -0.1) is 0 Å². The second-order valence-corrected chi connectivity index (χ2v) is 4.24. The van der Waals surface area contributed by atoms with Crippen molar-refractivity contribution in [2.75, 3.05) is 0 Å². The number of rotatable bonds is 2. The molecule has 86 valence electrons. The first-order chi connectivity index (χ1) is 7.49. The largest absolute Gasteiger partial charge is 0.479 e. The molecule has 1 unspecified atom stereocenters. The number of benzene rings is 1. The number of Topliss-reactive ketones (excluding diaryl/α,β-unsaturated/α-hetero) is 1. The minimum atomic E-state index is -0.742. The molecule has 1 aromatic rings. The van der Waals surface area contributed by atoms with Gasteiger partial charge in [-0.05, 0) is 6.07 Å². The van der Waals surface area contributed by atoms with Gasteiger partial charge in [-0.25, -0.2) is 8.78 Å². The summed E-state index contributed by atoms with van der Waals surface area (Å²) in [6, 6.07) is 1.98. The predicted octanol–water partition coefficient (Wildman–Crippen LogP) is 2.49. The Morgan fingerprint density at radius 1 is 1.44 bits per heavy atom. The van der Waals surface area contributed by atoms with Crippen LogP contribution in [-0.2, 0) is 11.2 Å². The number of carbonyl (C=O) groups excluding carboxylic acids is 1. The van der Waals surface area contributed by atoms with Crippen LogP contribution in [0.5, 0.6) is 5.75 Å². The Bertz CT molecular complexity index is 441. The van der Waals surface area contributed by atoms with E-state index in [-0.39, 0.29) is 23.9 Å². The average Bonchev–Trinajstić information content (AvgIpc) is 2.60. The molecule has 1 heterocycles. The van der Waals surface area contributed by atoms with E-state index in [1.165, 1.54) is 6.07 Å². The van der Waals surface area contributed by atoms with Crippen molar-refractivity contribution in [3.05, 3.63) is 29.3 Å². The molecule has 0 fully saturated rings. The second kappa shape index (κ2) is 3.85. The van der Waals surface area contributed by atoms with E-state index in [0.29, 0.717) is 5.56 Å². The molecule has 1 atom stereocenters. The molecule has 0 spiro atoms. The molecule has 0 saturated carbocycles. The number of fused-ring (bicyclic) bond motifs is 1. The third-order valence-corrected chi connectivity index (χ3v) is 2.64. The Hall–Kier alpha value is -1.45. The second-order valence-electron chi connectivity index (χ2n) is 4.24. The monoisotopic (exact) mass is 226 g/mol. The van der Waals surface area contributed by atoms with Crippen LogP contribution in [0, 0.1) is 17.6 Å². The lowest BCUT2D eigenvalue weighted by Gasteiger charge is -2.11. The van der Waals surface area contributed by atoms with Crippen LogP contribution < -0.4 is 4.74 Å². The van der Waals surface area contributed by atoms with Gasteiger partial charge in [0.2, 0.25) is 0 Å². The molecule has 16 heavy (non-hydrogen) atoms. The molecule has 0 saturated heterocycles. The van der Waals surface area contributed by atoms with E-state index in [4.69, 9.17) is 4.74 Å². The van der Waals surface area contributed by atoms with Crippen molar-refractivity contribution >= 4 is 5.78 Å². The smallest absolute Gasteiger partial charge is 0.176 e. The van der Waals surface area contributed by atoms with Crippen LogP contribution in [0.3, 0.4) is 0 Å². The summed E-state index contributed by atoms with van der Waals surface area (Å²) in [5.74, 6) is -1.63. The summed E-state index contributed by atoms with van der Waals surface area (Å²) in [5, 5.41) is 0. The minimum Gasteiger partial charge on any atom is -0.479 e. The van der Waals surface area contributed by atoms with Gasteiger partial charge in [0.1, 0.15) is 5.82 Å². The molecule has 0 aliphatic carbocycles. The van der Waals surface area contributed by atoms with Crippen molar-refractivity contribution < 1.29 is 18.3 Å². The molecule has 2 rings (SSSR count). The van der Waals surface area contributed by atoms with Crippen molar-refractivity contribution in [3.63, 3.8) is 0 Å². The van der Waals surface area contributed by atoms with Crippen molar-refractivity contribution in [1.82, 2.24) is 0 Å². The molecule has 1 aliphatic rings. The first-order valence-corrected chi connectivity index (χ1v) is 5.17. The van der Waals surface area contributed by atoms with Gasteiger partial charge < -0.3 is 4.74 Å². The summed E-state index contributed by atoms with van der Waals surface area (Å²) in [7, 11) is 0. The standard InChI is InChI=1S/C12H12F2O2/c1-6(2)11(15)10-4-7-3-8(13)5-9(14)12(7)16-10/h3,5-6,10H,4H2,1-2H3. The van der Waals surface area contributed by atoms with Gasteiger partial charge >= 0.3 is 0 Å². The zero-order chi connectivity index (χ0) is 11.9. The molecule has 0 bridgehead atoms.